The number of nitrogens with one attached hydrogen (secondary N) is 1. The van der Waals surface area contributed by atoms with Crippen molar-refractivity contribution in [1.29, 1.82) is 0 Å². The predicted molar refractivity (Wildman–Crippen MR) is 85.4 cm³/mol. The van der Waals surface area contributed by atoms with E-state index in [0.717, 1.165) is 19.4 Å². The zero-order chi connectivity index (χ0) is 14.2. The minimum absolute atomic E-state index is 0.0102. The molecule has 0 saturated heterocycles. The van der Waals surface area contributed by atoms with Gasteiger partial charge in [-0.2, -0.15) is 0 Å². The molecule has 0 aliphatic heterocycles. The summed E-state index contributed by atoms with van der Waals surface area (Å²) < 4.78 is 0. The van der Waals surface area contributed by atoms with Crippen LogP contribution in [-0.2, 0) is 18.4 Å². The number of hydrogen-bond acceptors (Lipinski definition) is 3. The van der Waals surface area contributed by atoms with Crippen molar-refractivity contribution >= 4 is 11.3 Å². The molecule has 1 aromatic heterocycles. The Kier molecular flexibility index (Phi) is 3.65. The highest BCUT2D eigenvalue weighted by Crippen LogP contribution is 2.39. The molecule has 1 heterocycles. The van der Waals surface area contributed by atoms with Crippen molar-refractivity contribution in [1.82, 2.24) is 10.3 Å². The maximum atomic E-state index is 4.92. The zero-order valence-electron chi connectivity index (χ0n) is 12.4. The van der Waals surface area contributed by atoms with E-state index in [1.165, 1.54) is 21.8 Å². The monoisotopic (exact) mass is 286 g/mol. The Labute approximate surface area is 125 Å². The second kappa shape index (κ2) is 5.30. The average molecular weight is 286 g/mol. The third-order valence-corrected chi connectivity index (χ3v) is 5.21. The third kappa shape index (κ3) is 2.29. The summed E-state index contributed by atoms with van der Waals surface area (Å²) in [6, 6.07) is 8.79. The van der Waals surface area contributed by atoms with Crippen LogP contribution in [0.5, 0.6) is 0 Å². The minimum Gasteiger partial charge on any atom is -0.305 e. The van der Waals surface area contributed by atoms with Gasteiger partial charge in [0.05, 0.1) is 11.2 Å². The molecule has 0 unspecified atom stereocenters. The Bertz CT molecular complexity index is 576. The van der Waals surface area contributed by atoms with Crippen LogP contribution in [0, 0.1) is 0 Å². The Hall–Kier alpha value is -1.19. The lowest BCUT2D eigenvalue weighted by Gasteiger charge is -2.27. The summed E-state index contributed by atoms with van der Waals surface area (Å²) >= 11 is 1.81. The zero-order valence-corrected chi connectivity index (χ0v) is 13.3. The first kappa shape index (κ1) is 13.8. The van der Waals surface area contributed by atoms with Gasteiger partial charge in [0.15, 0.2) is 0 Å². The summed E-state index contributed by atoms with van der Waals surface area (Å²) in [5.41, 5.74) is 4.17. The quantitative estimate of drug-likeness (QED) is 0.923. The maximum Gasteiger partial charge on any atom is 0.114 e. The van der Waals surface area contributed by atoms with Crippen LogP contribution in [0.4, 0.5) is 0 Å². The molecule has 2 aromatic rings. The number of aromatic nitrogens is 1. The highest BCUT2D eigenvalue weighted by atomic mass is 32.1. The molecule has 0 atom stereocenters. The normalized spacial score (nSPS) is 16.6. The Balaban J connectivity index is 1.98. The van der Waals surface area contributed by atoms with Crippen molar-refractivity contribution in [2.45, 2.75) is 45.1 Å². The molecule has 1 aliphatic carbocycles. The van der Waals surface area contributed by atoms with E-state index < -0.39 is 0 Å². The van der Waals surface area contributed by atoms with E-state index in [4.69, 9.17) is 4.98 Å². The summed E-state index contributed by atoms with van der Waals surface area (Å²) in [5, 5.41) is 7.19. The van der Waals surface area contributed by atoms with Crippen molar-refractivity contribution in [2.75, 3.05) is 6.54 Å². The summed E-state index contributed by atoms with van der Waals surface area (Å²) in [5.74, 6) is 0.502. The van der Waals surface area contributed by atoms with Crippen LogP contribution in [0.1, 0.15) is 48.5 Å². The average Bonchev–Trinajstić information content (AvgIpc) is 3.04. The molecule has 106 valence electrons. The number of fused-ring (bicyclic) bond motifs is 1. The van der Waals surface area contributed by atoms with Gasteiger partial charge in [0, 0.05) is 5.38 Å². The van der Waals surface area contributed by atoms with Crippen molar-refractivity contribution < 1.29 is 0 Å². The molecular formula is C17H22N2S. The highest BCUT2D eigenvalue weighted by molar-refractivity contribution is 7.09. The van der Waals surface area contributed by atoms with E-state index in [0.29, 0.717) is 5.92 Å². The molecule has 2 nitrogen and oxygen atoms in total. The fourth-order valence-corrected chi connectivity index (χ4v) is 4.23. The fraction of sp³-hybridized carbons (Fsp3) is 0.471. The van der Waals surface area contributed by atoms with E-state index in [9.17, 15) is 0 Å². The molecule has 3 heteroatoms. The molecule has 0 amide bonds. The molecular weight excluding hydrogens is 264 g/mol. The van der Waals surface area contributed by atoms with E-state index >= 15 is 0 Å². The van der Waals surface area contributed by atoms with Crippen LogP contribution >= 0.6 is 11.3 Å². The summed E-state index contributed by atoms with van der Waals surface area (Å²) in [4.78, 5) is 4.92. The van der Waals surface area contributed by atoms with Crippen LogP contribution in [0.3, 0.4) is 0 Å². The van der Waals surface area contributed by atoms with Crippen molar-refractivity contribution in [3.8, 4) is 0 Å². The van der Waals surface area contributed by atoms with Crippen LogP contribution in [0.25, 0.3) is 0 Å². The minimum atomic E-state index is 0.0102. The molecule has 0 spiro atoms. The first-order valence-corrected chi connectivity index (χ1v) is 8.30. The fourth-order valence-electron chi connectivity index (χ4n) is 3.08. The van der Waals surface area contributed by atoms with Crippen LogP contribution < -0.4 is 5.32 Å². The van der Waals surface area contributed by atoms with Gasteiger partial charge in [-0.15, -0.1) is 11.3 Å². The van der Waals surface area contributed by atoms with Crippen molar-refractivity contribution in [3.63, 3.8) is 0 Å². The van der Waals surface area contributed by atoms with E-state index in [-0.39, 0.29) is 5.54 Å². The number of likely N-dealkylation sites (N-methyl/N-ethyl adjacent to an activating group) is 1. The Morgan fingerprint density at radius 1 is 1.25 bits per heavy atom. The SMILES string of the molecule is CCNC1(c2nc(C(C)C)cs2)Cc2ccccc2C1. The summed E-state index contributed by atoms with van der Waals surface area (Å²) in [6.45, 7) is 7.58. The molecule has 20 heavy (non-hydrogen) atoms. The molecule has 1 N–H and O–H groups in total. The molecule has 3 rings (SSSR count). The van der Waals surface area contributed by atoms with Crippen LogP contribution in [0.2, 0.25) is 0 Å². The molecule has 0 radical (unpaired) electrons. The van der Waals surface area contributed by atoms with E-state index in [2.05, 4.69) is 55.7 Å². The number of nitrogens with zero attached hydrogens (tertiary/aromatic N) is 1. The number of hydrogen-bond donors (Lipinski definition) is 1. The topological polar surface area (TPSA) is 24.9 Å². The van der Waals surface area contributed by atoms with Gasteiger partial charge in [0.25, 0.3) is 0 Å². The number of rotatable bonds is 4. The first-order chi connectivity index (χ1) is 9.64. The largest absolute Gasteiger partial charge is 0.305 e. The van der Waals surface area contributed by atoms with E-state index in [1.807, 2.05) is 11.3 Å². The van der Waals surface area contributed by atoms with Gasteiger partial charge < -0.3 is 5.32 Å². The Morgan fingerprint density at radius 2 is 1.90 bits per heavy atom. The molecule has 1 aliphatic rings. The van der Waals surface area contributed by atoms with Crippen LogP contribution in [0.15, 0.2) is 29.6 Å². The lowest BCUT2D eigenvalue weighted by molar-refractivity contribution is 0.356. The van der Waals surface area contributed by atoms with Gasteiger partial charge in [-0.05, 0) is 36.4 Å². The van der Waals surface area contributed by atoms with Gasteiger partial charge in [-0.25, -0.2) is 4.98 Å². The predicted octanol–water partition coefficient (Wildman–Crippen LogP) is 3.87. The van der Waals surface area contributed by atoms with Gasteiger partial charge in [-0.3, -0.25) is 0 Å². The Morgan fingerprint density at radius 3 is 2.40 bits per heavy atom. The molecule has 1 aromatic carbocycles. The summed E-state index contributed by atoms with van der Waals surface area (Å²) in [6.07, 6.45) is 2.12. The second-order valence-corrected chi connectivity index (χ2v) is 6.83. The molecule has 0 fully saturated rings. The van der Waals surface area contributed by atoms with E-state index in [1.54, 1.807) is 0 Å². The van der Waals surface area contributed by atoms with Gasteiger partial charge in [0.1, 0.15) is 5.01 Å². The van der Waals surface area contributed by atoms with Crippen molar-refractivity contribution in [2.24, 2.45) is 0 Å². The molecule has 0 saturated carbocycles. The lowest BCUT2D eigenvalue weighted by Crippen LogP contribution is -2.43. The van der Waals surface area contributed by atoms with Gasteiger partial charge in [-0.1, -0.05) is 45.0 Å². The highest BCUT2D eigenvalue weighted by Gasteiger charge is 2.40. The van der Waals surface area contributed by atoms with Gasteiger partial charge >= 0.3 is 0 Å². The maximum absolute atomic E-state index is 4.92. The third-order valence-electron chi connectivity index (χ3n) is 4.14. The molecule has 0 bridgehead atoms. The summed E-state index contributed by atoms with van der Waals surface area (Å²) in [7, 11) is 0. The van der Waals surface area contributed by atoms with Gasteiger partial charge in [0.2, 0.25) is 0 Å². The smallest absolute Gasteiger partial charge is 0.114 e. The lowest BCUT2D eigenvalue weighted by atomic mass is 9.96. The number of thiazole rings is 1. The first-order valence-electron chi connectivity index (χ1n) is 7.42. The second-order valence-electron chi connectivity index (χ2n) is 5.97. The number of benzene rings is 1. The van der Waals surface area contributed by atoms with Crippen LogP contribution in [-0.4, -0.2) is 11.5 Å². The standard InChI is InChI=1S/C17H22N2S/c1-4-18-17(16-19-15(11-20-16)12(2)3)9-13-7-5-6-8-14(13)10-17/h5-8,11-12,18H,4,9-10H2,1-3H3. The van der Waals surface area contributed by atoms with Crippen molar-refractivity contribution in [3.05, 3.63) is 51.5 Å².